The average Bonchev–Trinajstić information content (AvgIpc) is 2.26. The van der Waals surface area contributed by atoms with Crippen LogP contribution in [0.15, 0.2) is 28.0 Å². The number of rotatable bonds is 6. The Bertz CT molecular complexity index is 682. The van der Waals surface area contributed by atoms with Gasteiger partial charge in [0.25, 0.3) is 10.0 Å². The van der Waals surface area contributed by atoms with Crippen LogP contribution in [0.25, 0.3) is 0 Å². The highest BCUT2D eigenvalue weighted by Crippen LogP contribution is 2.25. The minimum atomic E-state index is -3.85. The van der Waals surface area contributed by atoms with Gasteiger partial charge in [0.15, 0.2) is 9.84 Å². The van der Waals surface area contributed by atoms with Crippen LogP contribution in [0.2, 0.25) is 0 Å². The summed E-state index contributed by atoms with van der Waals surface area (Å²) >= 11 is 0. The van der Waals surface area contributed by atoms with Gasteiger partial charge in [0.05, 0.1) is 10.6 Å². The molecule has 1 rings (SSSR count). The number of sulfone groups is 1. The Morgan fingerprint density at radius 3 is 2.20 bits per heavy atom. The van der Waals surface area contributed by atoms with Gasteiger partial charge in [-0.15, -0.1) is 4.83 Å². The number of nitrogens with one attached hydrogen (secondary N) is 2. The number of hydrogen-bond donors (Lipinski definition) is 2. The lowest BCUT2D eigenvalue weighted by Crippen LogP contribution is -2.36. The Hall–Kier alpha value is -1.16. The molecule has 9 heteroatoms. The van der Waals surface area contributed by atoms with E-state index in [9.17, 15) is 16.8 Å². The predicted octanol–water partition coefficient (Wildman–Crippen LogP) is 0.277. The first-order chi connectivity index (χ1) is 9.08. The molecule has 0 heterocycles. The molecule has 0 saturated carbocycles. The van der Waals surface area contributed by atoms with Crippen LogP contribution in [0.3, 0.4) is 0 Å². The van der Waals surface area contributed by atoms with Crippen LogP contribution in [0, 0.1) is 0 Å². The van der Waals surface area contributed by atoms with Crippen molar-refractivity contribution in [2.45, 2.75) is 16.7 Å². The van der Waals surface area contributed by atoms with E-state index < -0.39 is 19.9 Å². The van der Waals surface area contributed by atoms with Crippen molar-refractivity contribution < 1.29 is 16.8 Å². The van der Waals surface area contributed by atoms with Crippen LogP contribution in [0.4, 0.5) is 5.69 Å². The molecular weight excluding hydrogens is 302 g/mol. The zero-order valence-corrected chi connectivity index (χ0v) is 13.5. The maximum Gasteiger partial charge on any atom is 0.255 e. The van der Waals surface area contributed by atoms with Crippen LogP contribution < -0.4 is 10.1 Å². The quantitative estimate of drug-likeness (QED) is 0.731. The minimum Gasteiger partial charge on any atom is -0.384 e. The van der Waals surface area contributed by atoms with Gasteiger partial charge in [0, 0.05) is 26.9 Å². The third-order valence-electron chi connectivity index (χ3n) is 2.34. The summed E-state index contributed by atoms with van der Waals surface area (Å²) in [6, 6.07) is 3.98. The van der Waals surface area contributed by atoms with E-state index in [-0.39, 0.29) is 9.79 Å². The lowest BCUT2D eigenvalue weighted by atomic mass is 10.3. The van der Waals surface area contributed by atoms with Gasteiger partial charge in [-0.3, -0.25) is 0 Å². The molecule has 2 N–H and O–H groups in total. The van der Waals surface area contributed by atoms with Gasteiger partial charge in [-0.1, -0.05) is 0 Å². The lowest BCUT2D eigenvalue weighted by molar-refractivity contribution is 0.364. The molecule has 0 fully saturated rings. The molecule has 0 saturated heterocycles. The Morgan fingerprint density at radius 2 is 1.75 bits per heavy atom. The lowest BCUT2D eigenvalue weighted by Gasteiger charge is -2.16. The summed E-state index contributed by atoms with van der Waals surface area (Å²) < 4.78 is 47.6. The molecule has 0 unspecified atom stereocenters. The third kappa shape index (κ3) is 4.17. The van der Waals surface area contributed by atoms with E-state index in [1.807, 2.05) is 6.92 Å². The van der Waals surface area contributed by atoms with Crippen LogP contribution in [-0.2, 0) is 19.9 Å². The van der Waals surface area contributed by atoms with Crippen molar-refractivity contribution in [1.82, 2.24) is 9.84 Å². The molecule has 0 spiro atoms. The summed E-state index contributed by atoms with van der Waals surface area (Å²) in [5.41, 5.74) is 0.356. The topological polar surface area (TPSA) is 95.6 Å². The number of sulfonamides is 1. The molecule has 0 amide bonds. The highest BCUT2D eigenvalue weighted by molar-refractivity contribution is 7.91. The molecule has 114 valence electrons. The Labute approximate surface area is 119 Å². The number of hydrogen-bond acceptors (Lipinski definition) is 6. The van der Waals surface area contributed by atoms with Crippen molar-refractivity contribution in [2.24, 2.45) is 0 Å². The first-order valence-corrected chi connectivity index (χ1v) is 9.23. The van der Waals surface area contributed by atoms with Crippen molar-refractivity contribution in [3.8, 4) is 0 Å². The van der Waals surface area contributed by atoms with E-state index in [1.54, 1.807) is 0 Å². The summed E-state index contributed by atoms with van der Waals surface area (Å²) in [5.74, 6) is 0. The van der Waals surface area contributed by atoms with Gasteiger partial charge in [-0.25, -0.2) is 21.8 Å². The summed E-state index contributed by atoms with van der Waals surface area (Å²) in [7, 11) is -4.26. The van der Waals surface area contributed by atoms with Crippen molar-refractivity contribution in [3.63, 3.8) is 0 Å². The first kappa shape index (κ1) is 16.9. The molecule has 0 aromatic heterocycles. The van der Waals surface area contributed by atoms with Gasteiger partial charge in [-0.05, 0) is 25.1 Å². The number of nitrogens with zero attached hydrogens (tertiary/aromatic N) is 1. The molecule has 0 aliphatic carbocycles. The smallest absolute Gasteiger partial charge is 0.255 e. The first-order valence-electron chi connectivity index (χ1n) is 5.85. The molecule has 0 radical (unpaired) electrons. The van der Waals surface area contributed by atoms with Gasteiger partial charge in [0.2, 0.25) is 0 Å². The number of benzene rings is 1. The number of hydrazine groups is 1. The Morgan fingerprint density at radius 1 is 1.15 bits per heavy atom. The predicted molar refractivity (Wildman–Crippen MR) is 77.7 cm³/mol. The summed E-state index contributed by atoms with van der Waals surface area (Å²) in [6.07, 6.45) is 1.03. The monoisotopic (exact) mass is 321 g/mol. The second kappa shape index (κ2) is 6.08. The molecule has 7 nitrogen and oxygen atoms in total. The maximum absolute atomic E-state index is 12.2. The summed E-state index contributed by atoms with van der Waals surface area (Å²) in [5, 5.41) is 4.18. The van der Waals surface area contributed by atoms with E-state index in [2.05, 4.69) is 10.1 Å². The average molecular weight is 321 g/mol. The van der Waals surface area contributed by atoms with Crippen molar-refractivity contribution >= 4 is 25.5 Å². The zero-order chi connectivity index (χ0) is 15.6. The zero-order valence-electron chi connectivity index (χ0n) is 11.8. The Balaban J connectivity index is 3.47. The van der Waals surface area contributed by atoms with E-state index in [0.29, 0.717) is 12.2 Å². The van der Waals surface area contributed by atoms with Crippen LogP contribution >= 0.6 is 0 Å². The molecule has 0 bridgehead atoms. The molecule has 0 aliphatic rings. The SMILES string of the molecule is CCNc1ccc(S(C)(=O)=O)cc1S(=O)(=O)NN(C)C. The molecule has 0 atom stereocenters. The number of anilines is 1. The fourth-order valence-electron chi connectivity index (χ4n) is 1.58. The largest absolute Gasteiger partial charge is 0.384 e. The van der Waals surface area contributed by atoms with Gasteiger partial charge >= 0.3 is 0 Å². The standard InChI is InChI=1S/C11H19N3O4S2/c1-5-12-10-7-6-9(19(4,15)16)8-11(10)20(17,18)13-14(2)3/h6-8,12-13H,5H2,1-4H3. The van der Waals surface area contributed by atoms with E-state index in [0.717, 1.165) is 12.3 Å². The Kier molecular flexibility index (Phi) is 5.14. The molecular formula is C11H19N3O4S2. The summed E-state index contributed by atoms with van der Waals surface area (Å²) in [6.45, 7) is 2.34. The normalized spacial score (nSPS) is 12.7. The van der Waals surface area contributed by atoms with Crippen molar-refractivity contribution in [3.05, 3.63) is 18.2 Å². The van der Waals surface area contributed by atoms with Gasteiger partial charge < -0.3 is 5.32 Å². The second-order valence-electron chi connectivity index (χ2n) is 4.45. The molecule has 20 heavy (non-hydrogen) atoms. The van der Waals surface area contributed by atoms with Crippen LogP contribution in [0.5, 0.6) is 0 Å². The maximum atomic E-state index is 12.2. The molecule has 1 aromatic rings. The van der Waals surface area contributed by atoms with Gasteiger partial charge in [-0.2, -0.15) is 0 Å². The van der Waals surface area contributed by atoms with Crippen LogP contribution in [-0.4, -0.2) is 48.7 Å². The fourth-order valence-corrected chi connectivity index (χ4v) is 3.59. The van der Waals surface area contributed by atoms with E-state index in [1.165, 1.54) is 31.2 Å². The minimum absolute atomic E-state index is 0.0433. The second-order valence-corrected chi connectivity index (χ2v) is 8.09. The van der Waals surface area contributed by atoms with E-state index >= 15 is 0 Å². The highest BCUT2D eigenvalue weighted by Gasteiger charge is 2.22. The van der Waals surface area contributed by atoms with Gasteiger partial charge in [0.1, 0.15) is 4.90 Å². The fraction of sp³-hybridized carbons (Fsp3) is 0.455. The van der Waals surface area contributed by atoms with Crippen molar-refractivity contribution in [1.29, 1.82) is 0 Å². The van der Waals surface area contributed by atoms with E-state index in [4.69, 9.17) is 0 Å². The highest BCUT2D eigenvalue weighted by atomic mass is 32.2. The molecule has 1 aromatic carbocycles. The third-order valence-corrected chi connectivity index (χ3v) is 4.97. The van der Waals surface area contributed by atoms with Crippen molar-refractivity contribution in [2.75, 3.05) is 32.2 Å². The summed E-state index contributed by atoms with van der Waals surface area (Å²) in [4.78, 5) is 2.14. The van der Waals surface area contributed by atoms with Crippen LogP contribution in [0.1, 0.15) is 6.92 Å². The molecule has 0 aliphatic heterocycles.